The molecule has 0 aliphatic heterocycles. The lowest BCUT2D eigenvalue weighted by Crippen LogP contribution is -2.27. The lowest BCUT2D eigenvalue weighted by Gasteiger charge is -2.18. The normalized spacial score (nSPS) is 12.1. The Labute approximate surface area is 140 Å². The maximum atomic E-state index is 12.8. The summed E-state index contributed by atoms with van der Waals surface area (Å²) in [6, 6.07) is 5.45. The predicted octanol–water partition coefficient (Wildman–Crippen LogP) is 3.10. The Balaban J connectivity index is 2.32. The first kappa shape index (κ1) is 17.2. The van der Waals surface area contributed by atoms with Gasteiger partial charge in [0.2, 0.25) is 10.0 Å². The van der Waals surface area contributed by atoms with Gasteiger partial charge in [-0.05, 0) is 53.9 Å². The molecule has 0 spiro atoms. The first-order valence-electron chi connectivity index (χ1n) is 7.01. The molecule has 5 nitrogen and oxygen atoms in total. The van der Waals surface area contributed by atoms with Crippen LogP contribution in [-0.2, 0) is 23.1 Å². The van der Waals surface area contributed by atoms with Crippen molar-refractivity contribution in [1.82, 2.24) is 14.1 Å². The van der Waals surface area contributed by atoms with Gasteiger partial charge in [0.15, 0.2) is 0 Å². The highest BCUT2D eigenvalue weighted by Crippen LogP contribution is 2.23. The van der Waals surface area contributed by atoms with Gasteiger partial charge < -0.3 is 0 Å². The van der Waals surface area contributed by atoms with Crippen molar-refractivity contribution in [3.05, 3.63) is 45.7 Å². The summed E-state index contributed by atoms with van der Waals surface area (Å²) in [4.78, 5) is 0.348. The number of halogens is 1. The van der Waals surface area contributed by atoms with E-state index in [4.69, 9.17) is 0 Å². The molecule has 1 heterocycles. The molecule has 0 saturated heterocycles. The monoisotopic (exact) mass is 385 g/mol. The molecule has 0 aliphatic carbocycles. The summed E-state index contributed by atoms with van der Waals surface area (Å²) in [5.74, 6) is 0. The number of nitrogens with zero attached hydrogens (tertiary/aromatic N) is 3. The fourth-order valence-electron chi connectivity index (χ4n) is 2.16. The molecule has 120 valence electrons. The number of sulfonamides is 1. The van der Waals surface area contributed by atoms with Crippen LogP contribution in [0.15, 0.2) is 33.8 Å². The summed E-state index contributed by atoms with van der Waals surface area (Å²) in [5.41, 5.74) is 2.38. The summed E-state index contributed by atoms with van der Waals surface area (Å²) in [6.45, 7) is 6.65. The van der Waals surface area contributed by atoms with Crippen LogP contribution in [0.25, 0.3) is 0 Å². The SMILES string of the molecule is CCn1cc(Br)c(CN(C)S(=O)(=O)c2cc(C)ccc2C)n1. The van der Waals surface area contributed by atoms with Crippen molar-refractivity contribution < 1.29 is 8.42 Å². The Morgan fingerprint density at radius 1 is 1.32 bits per heavy atom. The first-order chi connectivity index (χ1) is 10.3. The molecule has 2 rings (SSSR count). The van der Waals surface area contributed by atoms with Crippen molar-refractivity contribution in [2.24, 2.45) is 0 Å². The summed E-state index contributed by atoms with van der Waals surface area (Å²) >= 11 is 3.43. The second-order valence-corrected chi connectivity index (χ2v) is 8.18. The van der Waals surface area contributed by atoms with Crippen molar-refractivity contribution in [2.75, 3.05) is 7.05 Å². The highest BCUT2D eigenvalue weighted by molar-refractivity contribution is 9.10. The maximum absolute atomic E-state index is 12.8. The van der Waals surface area contributed by atoms with Gasteiger partial charge in [-0.15, -0.1) is 0 Å². The van der Waals surface area contributed by atoms with Crippen molar-refractivity contribution in [3.8, 4) is 0 Å². The van der Waals surface area contributed by atoms with Gasteiger partial charge in [0.05, 0.1) is 21.6 Å². The van der Waals surface area contributed by atoms with E-state index in [1.807, 2.05) is 39.1 Å². The van der Waals surface area contributed by atoms with E-state index in [2.05, 4.69) is 21.0 Å². The van der Waals surface area contributed by atoms with E-state index in [-0.39, 0.29) is 6.54 Å². The molecular formula is C15H20BrN3O2S. The van der Waals surface area contributed by atoms with Crippen LogP contribution in [0.4, 0.5) is 0 Å². The Morgan fingerprint density at radius 2 is 2.00 bits per heavy atom. The van der Waals surface area contributed by atoms with Gasteiger partial charge in [0.25, 0.3) is 0 Å². The van der Waals surface area contributed by atoms with E-state index in [9.17, 15) is 8.42 Å². The Bertz CT molecular complexity index is 784. The minimum atomic E-state index is -3.54. The number of rotatable bonds is 5. The van der Waals surface area contributed by atoms with Crippen LogP contribution in [-0.4, -0.2) is 29.6 Å². The van der Waals surface area contributed by atoms with Crippen LogP contribution in [0.3, 0.4) is 0 Å². The zero-order valence-corrected chi connectivity index (χ0v) is 15.6. The van der Waals surface area contributed by atoms with Crippen LogP contribution in [0.2, 0.25) is 0 Å². The molecule has 0 amide bonds. The Morgan fingerprint density at radius 3 is 2.59 bits per heavy atom. The number of aromatic nitrogens is 2. The molecule has 0 unspecified atom stereocenters. The van der Waals surface area contributed by atoms with Crippen LogP contribution in [0.5, 0.6) is 0 Å². The van der Waals surface area contributed by atoms with Gasteiger partial charge in [-0.1, -0.05) is 12.1 Å². The van der Waals surface area contributed by atoms with Gasteiger partial charge in [0.1, 0.15) is 0 Å². The van der Waals surface area contributed by atoms with Gasteiger partial charge in [-0.3, -0.25) is 4.68 Å². The molecule has 1 aromatic carbocycles. The topological polar surface area (TPSA) is 55.2 Å². The lowest BCUT2D eigenvalue weighted by atomic mass is 10.2. The van der Waals surface area contributed by atoms with E-state index in [0.29, 0.717) is 10.6 Å². The van der Waals surface area contributed by atoms with Gasteiger partial charge >= 0.3 is 0 Å². The highest BCUT2D eigenvalue weighted by atomic mass is 79.9. The quantitative estimate of drug-likeness (QED) is 0.794. The van der Waals surface area contributed by atoms with Crippen molar-refractivity contribution in [3.63, 3.8) is 0 Å². The van der Waals surface area contributed by atoms with Gasteiger partial charge in [-0.25, -0.2) is 8.42 Å². The Kier molecular flexibility index (Phi) is 5.09. The predicted molar refractivity (Wildman–Crippen MR) is 90.2 cm³/mol. The first-order valence-corrected chi connectivity index (χ1v) is 9.24. The average Bonchev–Trinajstić information content (AvgIpc) is 2.81. The molecule has 0 saturated carbocycles. The molecule has 22 heavy (non-hydrogen) atoms. The summed E-state index contributed by atoms with van der Waals surface area (Å²) < 4.78 is 29.5. The Hall–Kier alpha value is -1.18. The molecule has 0 radical (unpaired) electrons. The van der Waals surface area contributed by atoms with Crippen molar-refractivity contribution in [2.45, 2.75) is 38.8 Å². The molecule has 0 atom stereocenters. The molecule has 2 aromatic rings. The number of hydrogen-bond donors (Lipinski definition) is 0. The van der Waals surface area contributed by atoms with Crippen LogP contribution in [0.1, 0.15) is 23.7 Å². The minimum Gasteiger partial charge on any atom is -0.272 e. The lowest BCUT2D eigenvalue weighted by molar-refractivity contribution is 0.457. The highest BCUT2D eigenvalue weighted by Gasteiger charge is 2.24. The third kappa shape index (κ3) is 3.42. The maximum Gasteiger partial charge on any atom is 0.243 e. The molecule has 0 fully saturated rings. The van der Waals surface area contributed by atoms with E-state index < -0.39 is 10.0 Å². The number of benzene rings is 1. The van der Waals surface area contributed by atoms with Crippen molar-refractivity contribution >= 4 is 26.0 Å². The van der Waals surface area contributed by atoms with Crippen molar-refractivity contribution in [1.29, 1.82) is 0 Å². The van der Waals surface area contributed by atoms with E-state index in [1.54, 1.807) is 17.8 Å². The second kappa shape index (κ2) is 6.52. The molecule has 0 bridgehead atoms. The molecule has 1 aromatic heterocycles. The molecular weight excluding hydrogens is 366 g/mol. The second-order valence-electron chi connectivity index (χ2n) is 5.31. The third-order valence-corrected chi connectivity index (χ3v) is 6.12. The van der Waals surface area contributed by atoms with Gasteiger partial charge in [0, 0.05) is 19.8 Å². The number of aryl methyl sites for hydroxylation is 3. The molecule has 0 N–H and O–H groups in total. The van der Waals surface area contributed by atoms with E-state index in [0.717, 1.165) is 22.1 Å². The van der Waals surface area contributed by atoms with E-state index >= 15 is 0 Å². The van der Waals surface area contributed by atoms with Crippen LogP contribution < -0.4 is 0 Å². The molecule has 0 aliphatic rings. The van der Waals surface area contributed by atoms with Crippen LogP contribution >= 0.6 is 15.9 Å². The average molecular weight is 386 g/mol. The van der Waals surface area contributed by atoms with E-state index in [1.165, 1.54) is 4.31 Å². The fourth-order valence-corrected chi connectivity index (χ4v) is 4.03. The smallest absolute Gasteiger partial charge is 0.243 e. The number of hydrogen-bond acceptors (Lipinski definition) is 3. The largest absolute Gasteiger partial charge is 0.272 e. The zero-order chi connectivity index (χ0) is 16.5. The zero-order valence-electron chi connectivity index (χ0n) is 13.2. The summed E-state index contributed by atoms with van der Waals surface area (Å²) in [7, 11) is -1.96. The minimum absolute atomic E-state index is 0.225. The van der Waals surface area contributed by atoms with Crippen LogP contribution in [0, 0.1) is 13.8 Å². The molecule has 7 heteroatoms. The van der Waals surface area contributed by atoms with Gasteiger partial charge in [-0.2, -0.15) is 9.40 Å². The summed E-state index contributed by atoms with van der Waals surface area (Å²) in [6.07, 6.45) is 1.85. The third-order valence-electron chi connectivity index (χ3n) is 3.52. The fraction of sp³-hybridized carbons (Fsp3) is 0.400. The summed E-state index contributed by atoms with van der Waals surface area (Å²) in [5, 5.41) is 4.38. The standard InChI is InChI=1S/C15H20BrN3O2S/c1-5-19-9-13(16)14(17-19)10-18(4)22(20,21)15-8-11(2)6-7-12(15)3/h6-9H,5,10H2,1-4H3.